The zero-order valence-corrected chi connectivity index (χ0v) is 14.6. The van der Waals surface area contributed by atoms with Gasteiger partial charge in [-0.1, -0.05) is 30.3 Å². The molecule has 1 amide bonds. The maximum Gasteiger partial charge on any atom is 0.254 e. The lowest BCUT2D eigenvalue weighted by molar-refractivity contribution is 0.0603. The summed E-state index contributed by atoms with van der Waals surface area (Å²) in [6.07, 6.45) is -0.882. The number of hydrogen-bond donors (Lipinski definition) is 1. The lowest BCUT2D eigenvalue weighted by Crippen LogP contribution is -2.34. The van der Waals surface area contributed by atoms with Gasteiger partial charge in [0, 0.05) is 18.2 Å². The van der Waals surface area contributed by atoms with Crippen molar-refractivity contribution in [3.63, 3.8) is 0 Å². The van der Waals surface area contributed by atoms with E-state index in [0.29, 0.717) is 5.56 Å². The molecule has 3 rings (SSSR count). The number of carbonyl (C=O) groups is 1. The van der Waals surface area contributed by atoms with Crippen molar-refractivity contribution in [2.24, 2.45) is 0 Å². The van der Waals surface area contributed by atoms with Gasteiger partial charge in [0.25, 0.3) is 5.91 Å². The zero-order valence-electron chi connectivity index (χ0n) is 13.8. The molecule has 1 atom stereocenters. The first kappa shape index (κ1) is 18.2. The number of hydrogen-bond acceptors (Lipinski definition) is 3. The van der Waals surface area contributed by atoms with Crippen LogP contribution in [0.5, 0.6) is 0 Å². The number of thiophene rings is 1. The first-order valence-corrected chi connectivity index (χ1v) is 8.96. The van der Waals surface area contributed by atoms with Crippen LogP contribution in [0.3, 0.4) is 0 Å². The summed E-state index contributed by atoms with van der Waals surface area (Å²) in [6, 6.07) is 13.7. The third-order valence-corrected chi connectivity index (χ3v) is 4.64. The molecule has 0 spiro atoms. The van der Waals surface area contributed by atoms with Crippen molar-refractivity contribution in [2.45, 2.75) is 12.6 Å². The van der Waals surface area contributed by atoms with Crippen LogP contribution in [-0.2, 0) is 6.54 Å². The van der Waals surface area contributed by atoms with Crippen molar-refractivity contribution in [1.29, 1.82) is 0 Å². The van der Waals surface area contributed by atoms with Crippen molar-refractivity contribution >= 4 is 17.2 Å². The van der Waals surface area contributed by atoms with E-state index in [0.717, 1.165) is 23.8 Å². The van der Waals surface area contributed by atoms with E-state index in [1.54, 1.807) is 11.4 Å². The smallest absolute Gasteiger partial charge is 0.254 e. The lowest BCUT2D eigenvalue weighted by atomic mass is 10.1. The minimum Gasteiger partial charge on any atom is -0.387 e. The molecule has 0 fully saturated rings. The first-order valence-electron chi connectivity index (χ1n) is 8.02. The largest absolute Gasteiger partial charge is 0.387 e. The third kappa shape index (κ3) is 4.53. The summed E-state index contributed by atoms with van der Waals surface area (Å²) in [7, 11) is 0. The van der Waals surface area contributed by atoms with Gasteiger partial charge in [0.15, 0.2) is 0 Å². The molecule has 0 aliphatic carbocycles. The molecule has 0 radical (unpaired) electrons. The average Bonchev–Trinajstić information content (AvgIpc) is 3.15. The Morgan fingerprint density at radius 2 is 1.77 bits per heavy atom. The second-order valence-electron chi connectivity index (χ2n) is 5.90. The average molecular weight is 373 g/mol. The Bertz CT molecular complexity index is 849. The minimum atomic E-state index is -0.882. The number of halogens is 2. The molecule has 1 N–H and O–H groups in total. The molecule has 6 heteroatoms. The van der Waals surface area contributed by atoms with Gasteiger partial charge in [0.1, 0.15) is 11.6 Å². The second-order valence-corrected chi connectivity index (χ2v) is 6.68. The topological polar surface area (TPSA) is 40.5 Å². The van der Waals surface area contributed by atoms with Crippen molar-refractivity contribution < 1.29 is 18.7 Å². The highest BCUT2D eigenvalue weighted by Gasteiger charge is 2.22. The monoisotopic (exact) mass is 373 g/mol. The summed E-state index contributed by atoms with van der Waals surface area (Å²) < 4.78 is 27.0. The van der Waals surface area contributed by atoms with E-state index in [1.807, 2.05) is 35.7 Å². The van der Waals surface area contributed by atoms with Gasteiger partial charge >= 0.3 is 0 Å². The van der Waals surface area contributed by atoms with Crippen LogP contribution in [0.15, 0.2) is 65.4 Å². The van der Waals surface area contributed by atoms with Crippen LogP contribution in [0.2, 0.25) is 0 Å². The number of nitrogens with zero attached hydrogens (tertiary/aromatic N) is 1. The predicted molar refractivity (Wildman–Crippen MR) is 96.8 cm³/mol. The number of amides is 1. The molecule has 1 heterocycles. The van der Waals surface area contributed by atoms with Gasteiger partial charge in [-0.05, 0) is 40.1 Å². The Balaban J connectivity index is 1.87. The van der Waals surface area contributed by atoms with Gasteiger partial charge in [-0.25, -0.2) is 8.78 Å². The Morgan fingerprint density at radius 3 is 2.38 bits per heavy atom. The Kier molecular flexibility index (Phi) is 5.75. The van der Waals surface area contributed by atoms with E-state index < -0.39 is 23.6 Å². The zero-order chi connectivity index (χ0) is 18.5. The van der Waals surface area contributed by atoms with Gasteiger partial charge in [-0.2, -0.15) is 11.3 Å². The van der Waals surface area contributed by atoms with E-state index >= 15 is 0 Å². The molecular formula is C20H17F2NO2S. The molecular weight excluding hydrogens is 356 g/mol. The van der Waals surface area contributed by atoms with Crippen molar-refractivity contribution in [1.82, 2.24) is 4.90 Å². The molecule has 0 saturated carbocycles. The van der Waals surface area contributed by atoms with Crippen molar-refractivity contribution in [2.75, 3.05) is 6.54 Å². The summed E-state index contributed by atoms with van der Waals surface area (Å²) in [5.41, 5.74) is 1.47. The van der Waals surface area contributed by atoms with E-state index in [9.17, 15) is 18.7 Å². The standard InChI is InChI=1S/C20H17F2NO2S/c21-17-8-16(9-18(22)10-17)20(25)23(11-14-4-2-1-3-5-14)12-19(24)15-6-7-26-13-15/h1-10,13,19,24H,11-12H2. The van der Waals surface area contributed by atoms with Gasteiger partial charge < -0.3 is 10.0 Å². The van der Waals surface area contributed by atoms with E-state index in [-0.39, 0.29) is 18.7 Å². The number of aliphatic hydroxyl groups excluding tert-OH is 1. The van der Waals surface area contributed by atoms with Crippen LogP contribution in [-0.4, -0.2) is 22.5 Å². The molecule has 0 aliphatic heterocycles. The second kappa shape index (κ2) is 8.21. The highest BCUT2D eigenvalue weighted by molar-refractivity contribution is 7.07. The molecule has 3 aromatic rings. The van der Waals surface area contributed by atoms with Crippen LogP contribution in [0.4, 0.5) is 8.78 Å². The molecule has 134 valence electrons. The molecule has 2 aromatic carbocycles. The van der Waals surface area contributed by atoms with Crippen LogP contribution in [0.1, 0.15) is 27.6 Å². The molecule has 0 bridgehead atoms. The molecule has 1 unspecified atom stereocenters. The molecule has 0 aliphatic rings. The van der Waals surface area contributed by atoms with Gasteiger partial charge in [-0.15, -0.1) is 0 Å². The summed E-state index contributed by atoms with van der Waals surface area (Å²) in [5.74, 6) is -2.17. The maximum absolute atomic E-state index is 13.5. The normalized spacial score (nSPS) is 12.0. The first-order chi connectivity index (χ1) is 12.5. The minimum absolute atomic E-state index is 0.0165. The lowest BCUT2D eigenvalue weighted by Gasteiger charge is -2.25. The fourth-order valence-electron chi connectivity index (χ4n) is 2.66. The van der Waals surface area contributed by atoms with Gasteiger partial charge in [0.2, 0.25) is 0 Å². The summed E-state index contributed by atoms with van der Waals surface area (Å²) in [6.45, 7) is 0.238. The van der Waals surface area contributed by atoms with Gasteiger partial charge in [0.05, 0.1) is 12.6 Å². The fraction of sp³-hybridized carbons (Fsp3) is 0.150. The van der Waals surface area contributed by atoms with Gasteiger partial charge in [-0.3, -0.25) is 4.79 Å². The number of aliphatic hydroxyl groups is 1. The van der Waals surface area contributed by atoms with Crippen molar-refractivity contribution in [3.8, 4) is 0 Å². The van der Waals surface area contributed by atoms with E-state index in [1.165, 1.54) is 16.2 Å². The quantitative estimate of drug-likeness (QED) is 0.696. The van der Waals surface area contributed by atoms with Crippen LogP contribution in [0.25, 0.3) is 0 Å². The summed E-state index contributed by atoms with van der Waals surface area (Å²) in [5, 5.41) is 14.1. The van der Waals surface area contributed by atoms with Crippen LogP contribution >= 0.6 is 11.3 Å². The molecule has 3 nitrogen and oxygen atoms in total. The summed E-state index contributed by atoms with van der Waals surface area (Å²) in [4.78, 5) is 14.2. The third-order valence-electron chi connectivity index (χ3n) is 3.93. The van der Waals surface area contributed by atoms with E-state index in [2.05, 4.69) is 0 Å². The number of rotatable bonds is 6. The van der Waals surface area contributed by atoms with Crippen molar-refractivity contribution in [3.05, 3.63) is 93.7 Å². The number of carbonyl (C=O) groups excluding carboxylic acids is 1. The maximum atomic E-state index is 13.5. The summed E-state index contributed by atoms with van der Waals surface area (Å²) >= 11 is 1.45. The highest BCUT2D eigenvalue weighted by atomic mass is 32.1. The molecule has 26 heavy (non-hydrogen) atoms. The highest BCUT2D eigenvalue weighted by Crippen LogP contribution is 2.20. The Hall–Kier alpha value is -2.57. The van der Waals surface area contributed by atoms with E-state index in [4.69, 9.17) is 0 Å². The van der Waals surface area contributed by atoms with Crippen LogP contribution in [0, 0.1) is 11.6 Å². The SMILES string of the molecule is O=C(c1cc(F)cc(F)c1)N(Cc1ccccc1)CC(O)c1ccsc1. The Morgan fingerprint density at radius 1 is 1.08 bits per heavy atom. The molecule has 0 saturated heterocycles. The number of benzene rings is 2. The molecule has 1 aromatic heterocycles. The fourth-order valence-corrected chi connectivity index (χ4v) is 3.37. The van der Waals surface area contributed by atoms with Crippen LogP contribution < -0.4 is 0 Å². The predicted octanol–water partition coefficient (Wildman–Crippen LogP) is 4.40. The Labute approximate surface area is 154 Å².